The molecule has 0 aliphatic heterocycles. The minimum Gasteiger partial charge on any atom is -0.246 e. The van der Waals surface area contributed by atoms with Gasteiger partial charge in [-0.25, -0.2) is 15.0 Å². The normalized spacial score (nSPS) is 11.6. The Hall–Kier alpha value is -7.01. The van der Waals surface area contributed by atoms with E-state index in [1.807, 2.05) is 17.4 Å². The highest BCUT2D eigenvalue weighted by atomic mass is 32.1. The van der Waals surface area contributed by atoms with Crippen LogP contribution in [0.3, 0.4) is 0 Å². The van der Waals surface area contributed by atoms with Crippen LogP contribution in [-0.2, 0) is 0 Å². The standard InChI is InChI=1S/C51H31N3S/c1-3-13-33(14-4-1)45-31-46(37-27-28-47-43(30-37)48-41-21-11-12-22-44(41)52-49(50(48)55-47)34-15-5-2-6-16-34)54-51(53-45)35-25-23-32(24-26-35)42-29-36-17-7-8-18-38(36)39-19-9-10-20-40(39)42/h1-31H. The predicted molar refractivity (Wildman–Crippen MR) is 232 cm³/mol. The summed E-state index contributed by atoms with van der Waals surface area (Å²) in [5, 5.41) is 8.62. The van der Waals surface area contributed by atoms with Crippen molar-refractivity contribution < 1.29 is 0 Å². The van der Waals surface area contributed by atoms with Crippen molar-refractivity contribution in [2.24, 2.45) is 0 Å². The fourth-order valence-electron chi connectivity index (χ4n) is 8.01. The van der Waals surface area contributed by atoms with Crippen molar-refractivity contribution >= 4 is 64.0 Å². The van der Waals surface area contributed by atoms with Gasteiger partial charge in [0, 0.05) is 43.1 Å². The molecule has 3 aromatic heterocycles. The van der Waals surface area contributed by atoms with Crippen molar-refractivity contribution in [1.82, 2.24) is 15.0 Å². The van der Waals surface area contributed by atoms with Crippen molar-refractivity contribution in [3.63, 3.8) is 0 Å². The minimum absolute atomic E-state index is 0.697. The molecule has 0 amide bonds. The molecule has 0 N–H and O–H groups in total. The first-order valence-corrected chi connectivity index (χ1v) is 19.3. The molecular weight excluding hydrogens is 687 g/mol. The van der Waals surface area contributed by atoms with E-state index in [2.05, 4.69) is 182 Å². The number of pyridine rings is 1. The van der Waals surface area contributed by atoms with Gasteiger partial charge >= 0.3 is 0 Å². The number of thiophene rings is 1. The first-order chi connectivity index (χ1) is 27.2. The van der Waals surface area contributed by atoms with Crippen molar-refractivity contribution in [1.29, 1.82) is 0 Å². The van der Waals surface area contributed by atoms with Crippen LogP contribution < -0.4 is 0 Å². The summed E-state index contributed by atoms with van der Waals surface area (Å²) in [6.07, 6.45) is 0. The van der Waals surface area contributed by atoms with Crippen molar-refractivity contribution in [2.75, 3.05) is 0 Å². The molecule has 0 saturated heterocycles. The van der Waals surface area contributed by atoms with Crippen LogP contribution >= 0.6 is 11.3 Å². The van der Waals surface area contributed by atoms with Gasteiger partial charge in [-0.2, -0.15) is 0 Å². The summed E-state index contributed by atoms with van der Waals surface area (Å²) in [7, 11) is 0. The van der Waals surface area contributed by atoms with E-state index in [-0.39, 0.29) is 0 Å². The molecule has 0 aliphatic rings. The number of fused-ring (bicyclic) bond motifs is 8. The molecule has 55 heavy (non-hydrogen) atoms. The summed E-state index contributed by atoms with van der Waals surface area (Å²) in [4.78, 5) is 15.6. The van der Waals surface area contributed by atoms with Crippen molar-refractivity contribution in [2.45, 2.75) is 0 Å². The van der Waals surface area contributed by atoms with E-state index in [1.54, 1.807) is 0 Å². The maximum Gasteiger partial charge on any atom is 0.160 e. The molecule has 0 bridgehead atoms. The molecule has 0 atom stereocenters. The second-order valence-electron chi connectivity index (χ2n) is 14.0. The number of aromatic nitrogens is 3. The van der Waals surface area contributed by atoms with Gasteiger partial charge in [0.15, 0.2) is 5.82 Å². The van der Waals surface area contributed by atoms with Gasteiger partial charge in [0.1, 0.15) is 0 Å². The molecule has 4 heteroatoms. The Morgan fingerprint density at radius 1 is 0.364 bits per heavy atom. The monoisotopic (exact) mass is 717 g/mol. The Morgan fingerprint density at radius 3 is 1.75 bits per heavy atom. The van der Waals surface area contributed by atoms with E-state index >= 15 is 0 Å². The molecule has 0 aliphatic carbocycles. The van der Waals surface area contributed by atoms with Crippen LogP contribution in [0.15, 0.2) is 188 Å². The minimum atomic E-state index is 0.697. The molecule has 0 radical (unpaired) electrons. The third-order valence-corrected chi connectivity index (χ3v) is 11.8. The number of para-hydroxylation sites is 1. The van der Waals surface area contributed by atoms with Crippen molar-refractivity contribution in [3.8, 4) is 56.3 Å². The Kier molecular flexibility index (Phi) is 7.35. The SMILES string of the molecule is c1ccc(-c2cc(-c3ccc4sc5c(-c6ccccc6)nc6ccccc6c5c4c3)nc(-c3ccc(-c4cc5ccccc5c5ccccc45)cc3)n2)cc1. The van der Waals surface area contributed by atoms with Gasteiger partial charge in [-0.15, -0.1) is 11.3 Å². The third kappa shape index (κ3) is 5.38. The highest BCUT2D eigenvalue weighted by molar-refractivity contribution is 7.26. The Labute approximate surface area is 321 Å². The van der Waals surface area contributed by atoms with E-state index < -0.39 is 0 Å². The van der Waals surface area contributed by atoms with E-state index in [0.29, 0.717) is 5.82 Å². The second kappa shape index (κ2) is 12.8. The molecule has 0 spiro atoms. The summed E-state index contributed by atoms with van der Waals surface area (Å²) < 4.78 is 2.42. The Morgan fingerprint density at radius 2 is 0.964 bits per heavy atom. The second-order valence-corrected chi connectivity index (χ2v) is 15.0. The van der Waals surface area contributed by atoms with Gasteiger partial charge in [0.2, 0.25) is 0 Å². The predicted octanol–water partition coefficient (Wildman–Crippen LogP) is 14.0. The molecule has 0 unspecified atom stereocenters. The van der Waals surface area contributed by atoms with Crippen LogP contribution in [0.2, 0.25) is 0 Å². The van der Waals surface area contributed by atoms with E-state index in [1.165, 1.54) is 47.3 Å². The molecule has 0 saturated carbocycles. The lowest BCUT2D eigenvalue weighted by atomic mass is 9.93. The molecule has 0 fully saturated rings. The lowest BCUT2D eigenvalue weighted by Gasteiger charge is -2.12. The molecule has 8 aromatic carbocycles. The summed E-state index contributed by atoms with van der Waals surface area (Å²) >= 11 is 1.81. The van der Waals surface area contributed by atoms with E-state index in [0.717, 1.165) is 55.8 Å². The topological polar surface area (TPSA) is 38.7 Å². The summed E-state index contributed by atoms with van der Waals surface area (Å²) in [5.74, 6) is 0.697. The smallest absolute Gasteiger partial charge is 0.160 e. The van der Waals surface area contributed by atoms with Gasteiger partial charge in [-0.05, 0) is 63.0 Å². The highest BCUT2D eigenvalue weighted by Gasteiger charge is 2.18. The molecule has 11 rings (SSSR count). The van der Waals surface area contributed by atoms with Crippen LogP contribution in [0.25, 0.3) is 109 Å². The maximum absolute atomic E-state index is 5.27. The van der Waals surface area contributed by atoms with Crippen molar-refractivity contribution in [3.05, 3.63) is 188 Å². The lowest BCUT2D eigenvalue weighted by Crippen LogP contribution is -1.96. The Balaban J connectivity index is 1.07. The van der Waals surface area contributed by atoms with Crippen LogP contribution in [0.1, 0.15) is 0 Å². The molecule has 3 heterocycles. The average Bonchev–Trinajstić information content (AvgIpc) is 3.66. The quantitative estimate of drug-likeness (QED) is 0.166. The van der Waals surface area contributed by atoms with Crippen LogP contribution in [0, 0.1) is 0 Å². The summed E-state index contributed by atoms with van der Waals surface area (Å²) in [6, 6.07) is 66.6. The average molecular weight is 718 g/mol. The number of benzene rings is 8. The fourth-order valence-corrected chi connectivity index (χ4v) is 9.22. The largest absolute Gasteiger partial charge is 0.246 e. The number of rotatable bonds is 5. The van der Waals surface area contributed by atoms with Crippen LogP contribution in [0.4, 0.5) is 0 Å². The molecular formula is C51H31N3S. The van der Waals surface area contributed by atoms with Gasteiger partial charge in [-0.3, -0.25) is 0 Å². The first kappa shape index (κ1) is 31.5. The fraction of sp³-hybridized carbons (Fsp3) is 0. The summed E-state index contributed by atoms with van der Waals surface area (Å²) in [6.45, 7) is 0. The third-order valence-electron chi connectivity index (χ3n) is 10.7. The maximum atomic E-state index is 5.27. The van der Waals surface area contributed by atoms with Crippen LogP contribution in [-0.4, -0.2) is 15.0 Å². The zero-order chi connectivity index (χ0) is 36.3. The number of hydrogen-bond donors (Lipinski definition) is 0. The van der Waals surface area contributed by atoms with E-state index in [4.69, 9.17) is 15.0 Å². The summed E-state index contributed by atoms with van der Waals surface area (Å²) in [5.41, 5.74) is 10.4. The molecule has 11 aromatic rings. The van der Waals surface area contributed by atoms with Gasteiger partial charge in [-0.1, -0.05) is 158 Å². The van der Waals surface area contributed by atoms with Gasteiger partial charge < -0.3 is 0 Å². The molecule has 256 valence electrons. The van der Waals surface area contributed by atoms with Gasteiger partial charge in [0.25, 0.3) is 0 Å². The Bertz CT molecular complexity index is 3240. The molecule has 3 nitrogen and oxygen atoms in total. The first-order valence-electron chi connectivity index (χ1n) is 18.5. The van der Waals surface area contributed by atoms with Crippen LogP contribution in [0.5, 0.6) is 0 Å². The number of hydrogen-bond acceptors (Lipinski definition) is 4. The highest BCUT2D eigenvalue weighted by Crippen LogP contribution is 2.44. The number of nitrogens with zero attached hydrogens (tertiary/aromatic N) is 3. The van der Waals surface area contributed by atoms with E-state index in [9.17, 15) is 0 Å². The van der Waals surface area contributed by atoms with Gasteiger partial charge in [0.05, 0.1) is 27.3 Å². The zero-order valence-corrected chi connectivity index (χ0v) is 30.5. The lowest BCUT2D eigenvalue weighted by molar-refractivity contribution is 1.18. The zero-order valence-electron chi connectivity index (χ0n) is 29.6.